The van der Waals surface area contributed by atoms with Crippen molar-refractivity contribution in [2.45, 2.75) is 37.3 Å². The van der Waals surface area contributed by atoms with Crippen molar-refractivity contribution in [2.75, 3.05) is 24.7 Å². The molecule has 0 bridgehead atoms. The van der Waals surface area contributed by atoms with Crippen molar-refractivity contribution in [2.24, 2.45) is 0 Å². The lowest BCUT2D eigenvalue weighted by atomic mass is 9.90. The summed E-state index contributed by atoms with van der Waals surface area (Å²) in [4.78, 5) is 4.02. The number of thioether (sulfide) groups is 1. The van der Waals surface area contributed by atoms with E-state index in [9.17, 15) is 0 Å². The van der Waals surface area contributed by atoms with Gasteiger partial charge < -0.3 is 14.6 Å². The first kappa shape index (κ1) is 12.4. The fourth-order valence-electron chi connectivity index (χ4n) is 2.76. The molecule has 2 fully saturated rings. The third kappa shape index (κ3) is 2.87. The molecule has 0 amide bonds. The highest BCUT2D eigenvalue weighted by Gasteiger charge is 2.40. The molecule has 1 spiro atoms. The van der Waals surface area contributed by atoms with E-state index >= 15 is 0 Å². The Morgan fingerprint density at radius 3 is 3.33 bits per heavy atom. The topological polar surface area (TPSA) is 60.2 Å². The van der Waals surface area contributed by atoms with Gasteiger partial charge in [0.2, 0.25) is 6.39 Å². The SMILES string of the molecule is c1nc(CCNC2CCOC3(CCSC3)C2)no1. The van der Waals surface area contributed by atoms with Gasteiger partial charge in [-0.3, -0.25) is 0 Å². The molecule has 2 unspecified atom stereocenters. The second-order valence-electron chi connectivity index (χ2n) is 5.08. The van der Waals surface area contributed by atoms with Gasteiger partial charge in [0.1, 0.15) is 0 Å². The summed E-state index contributed by atoms with van der Waals surface area (Å²) in [5.74, 6) is 3.19. The Hall–Kier alpha value is -0.590. The molecule has 0 saturated carbocycles. The van der Waals surface area contributed by atoms with Crippen LogP contribution in [0.4, 0.5) is 0 Å². The summed E-state index contributed by atoms with van der Waals surface area (Å²) in [7, 11) is 0. The van der Waals surface area contributed by atoms with Gasteiger partial charge in [-0.15, -0.1) is 0 Å². The number of nitrogens with zero attached hydrogens (tertiary/aromatic N) is 2. The number of aromatic nitrogens is 2. The predicted octanol–water partition coefficient (Wildman–Crippen LogP) is 1.26. The summed E-state index contributed by atoms with van der Waals surface area (Å²) in [6.45, 7) is 1.80. The number of hydrogen-bond acceptors (Lipinski definition) is 6. The molecule has 2 atom stereocenters. The maximum Gasteiger partial charge on any atom is 0.213 e. The van der Waals surface area contributed by atoms with Gasteiger partial charge in [0.15, 0.2) is 5.82 Å². The van der Waals surface area contributed by atoms with Gasteiger partial charge in [0, 0.05) is 31.4 Å². The Morgan fingerprint density at radius 1 is 1.56 bits per heavy atom. The molecule has 2 aliphatic rings. The van der Waals surface area contributed by atoms with Crippen molar-refractivity contribution in [3.63, 3.8) is 0 Å². The number of rotatable bonds is 4. The summed E-state index contributed by atoms with van der Waals surface area (Å²) < 4.78 is 10.7. The molecule has 3 heterocycles. The average Bonchev–Trinajstić information content (AvgIpc) is 3.02. The zero-order valence-corrected chi connectivity index (χ0v) is 11.2. The minimum absolute atomic E-state index is 0.159. The molecule has 5 nitrogen and oxygen atoms in total. The van der Waals surface area contributed by atoms with Crippen LogP contribution in [0.3, 0.4) is 0 Å². The lowest BCUT2D eigenvalue weighted by Crippen LogP contribution is -2.47. The molecule has 0 radical (unpaired) electrons. The lowest BCUT2D eigenvalue weighted by Gasteiger charge is -2.38. The molecule has 0 aliphatic carbocycles. The Kier molecular flexibility index (Phi) is 3.86. The van der Waals surface area contributed by atoms with Crippen molar-refractivity contribution < 1.29 is 9.26 Å². The van der Waals surface area contributed by atoms with Crippen LogP contribution in [0.15, 0.2) is 10.9 Å². The first-order valence-corrected chi connectivity index (χ1v) is 7.72. The first-order chi connectivity index (χ1) is 8.86. The van der Waals surface area contributed by atoms with Crippen LogP contribution in [-0.2, 0) is 11.2 Å². The van der Waals surface area contributed by atoms with Gasteiger partial charge in [-0.1, -0.05) is 5.16 Å². The summed E-state index contributed by atoms with van der Waals surface area (Å²) in [5, 5.41) is 7.42. The van der Waals surface area contributed by atoms with Crippen molar-refractivity contribution in [1.82, 2.24) is 15.5 Å². The van der Waals surface area contributed by atoms with Crippen LogP contribution in [0.1, 0.15) is 25.1 Å². The smallest absolute Gasteiger partial charge is 0.213 e. The molecule has 6 heteroatoms. The summed E-state index contributed by atoms with van der Waals surface area (Å²) >= 11 is 2.02. The van der Waals surface area contributed by atoms with Crippen LogP contribution < -0.4 is 5.32 Å². The number of nitrogens with one attached hydrogen (secondary N) is 1. The van der Waals surface area contributed by atoms with Crippen LogP contribution in [0.5, 0.6) is 0 Å². The molecule has 2 aliphatic heterocycles. The minimum atomic E-state index is 0.159. The first-order valence-electron chi connectivity index (χ1n) is 6.57. The third-order valence-electron chi connectivity index (χ3n) is 3.75. The summed E-state index contributed by atoms with van der Waals surface area (Å²) in [6, 6.07) is 0.573. The monoisotopic (exact) mass is 269 g/mol. The zero-order chi connectivity index (χ0) is 12.3. The molecule has 1 N–H and O–H groups in total. The predicted molar refractivity (Wildman–Crippen MR) is 69.7 cm³/mol. The van der Waals surface area contributed by atoms with Crippen molar-refractivity contribution in [3.05, 3.63) is 12.2 Å². The molecular weight excluding hydrogens is 250 g/mol. The third-order valence-corrected chi connectivity index (χ3v) is 4.97. The Labute approximate surface area is 111 Å². The second kappa shape index (κ2) is 5.59. The Morgan fingerprint density at radius 2 is 2.56 bits per heavy atom. The normalized spacial score (nSPS) is 32.1. The molecule has 2 saturated heterocycles. The van der Waals surface area contributed by atoms with Gasteiger partial charge in [0.25, 0.3) is 0 Å². The highest BCUT2D eigenvalue weighted by Crippen LogP contribution is 2.38. The van der Waals surface area contributed by atoms with E-state index in [1.807, 2.05) is 11.8 Å². The van der Waals surface area contributed by atoms with Gasteiger partial charge >= 0.3 is 0 Å². The van der Waals surface area contributed by atoms with Crippen LogP contribution in [0.25, 0.3) is 0 Å². The van der Waals surface area contributed by atoms with Gasteiger partial charge in [-0.2, -0.15) is 16.7 Å². The van der Waals surface area contributed by atoms with Crippen molar-refractivity contribution in [3.8, 4) is 0 Å². The average molecular weight is 269 g/mol. The number of hydrogen-bond donors (Lipinski definition) is 1. The highest BCUT2D eigenvalue weighted by atomic mass is 32.2. The lowest BCUT2D eigenvalue weighted by molar-refractivity contribution is -0.0699. The molecular formula is C12H19N3O2S. The van der Waals surface area contributed by atoms with Gasteiger partial charge in [0.05, 0.1) is 5.60 Å². The largest absolute Gasteiger partial charge is 0.374 e. The van der Waals surface area contributed by atoms with Crippen LogP contribution in [0, 0.1) is 0 Å². The number of ether oxygens (including phenoxy) is 1. The summed E-state index contributed by atoms with van der Waals surface area (Å²) in [5.41, 5.74) is 0.159. The quantitative estimate of drug-likeness (QED) is 0.888. The van der Waals surface area contributed by atoms with Crippen LogP contribution >= 0.6 is 11.8 Å². The van der Waals surface area contributed by atoms with Crippen molar-refractivity contribution >= 4 is 11.8 Å². The maximum atomic E-state index is 6.01. The Balaban J connectivity index is 1.45. The molecule has 3 rings (SSSR count). The van der Waals surface area contributed by atoms with E-state index in [2.05, 4.69) is 15.5 Å². The fourth-order valence-corrected chi connectivity index (χ4v) is 4.13. The van der Waals surface area contributed by atoms with E-state index in [4.69, 9.17) is 9.26 Å². The molecule has 0 aromatic carbocycles. The Bertz CT molecular complexity index is 365. The molecule has 1 aromatic rings. The van der Waals surface area contributed by atoms with E-state index < -0.39 is 0 Å². The fraction of sp³-hybridized carbons (Fsp3) is 0.833. The zero-order valence-electron chi connectivity index (χ0n) is 10.4. The molecule has 18 heavy (non-hydrogen) atoms. The van der Waals surface area contributed by atoms with Crippen molar-refractivity contribution in [1.29, 1.82) is 0 Å². The van der Waals surface area contributed by atoms with E-state index in [1.54, 1.807) is 0 Å². The second-order valence-corrected chi connectivity index (χ2v) is 6.18. The minimum Gasteiger partial charge on any atom is -0.374 e. The summed E-state index contributed by atoms with van der Waals surface area (Å²) in [6.07, 6.45) is 5.68. The molecule has 1 aromatic heterocycles. The van der Waals surface area contributed by atoms with E-state index in [-0.39, 0.29) is 5.60 Å². The molecule has 100 valence electrons. The van der Waals surface area contributed by atoms with Gasteiger partial charge in [-0.25, -0.2) is 0 Å². The van der Waals surface area contributed by atoms with Crippen LogP contribution in [0.2, 0.25) is 0 Å². The highest BCUT2D eigenvalue weighted by molar-refractivity contribution is 7.99. The van der Waals surface area contributed by atoms with E-state index in [0.29, 0.717) is 6.04 Å². The van der Waals surface area contributed by atoms with E-state index in [1.165, 1.54) is 18.6 Å². The van der Waals surface area contributed by atoms with Gasteiger partial charge in [-0.05, 0) is 25.0 Å². The standard InChI is InChI=1S/C12H19N3O2S/c1(11-14-9-17-15-11)4-13-10-2-5-16-12(7-10)3-6-18-8-12/h9-10,13H,1-8H2. The van der Waals surface area contributed by atoms with Crippen LogP contribution in [-0.4, -0.2) is 46.4 Å². The van der Waals surface area contributed by atoms with E-state index in [0.717, 1.165) is 44.0 Å². The maximum absolute atomic E-state index is 6.01.